The van der Waals surface area contributed by atoms with Gasteiger partial charge >= 0.3 is 6.03 Å². The van der Waals surface area contributed by atoms with Gasteiger partial charge in [-0.25, -0.2) is 4.79 Å². The number of methoxy groups -OCH3 is 2. The van der Waals surface area contributed by atoms with Crippen molar-refractivity contribution >= 4 is 17.8 Å². The van der Waals surface area contributed by atoms with Crippen LogP contribution in [0.1, 0.15) is 17.7 Å². The van der Waals surface area contributed by atoms with Crippen LogP contribution >= 0.6 is 0 Å². The highest BCUT2D eigenvalue weighted by atomic mass is 16.5. The van der Waals surface area contributed by atoms with Crippen LogP contribution in [0.15, 0.2) is 36.5 Å². The van der Waals surface area contributed by atoms with E-state index in [0.29, 0.717) is 24.5 Å². The molecule has 0 spiro atoms. The summed E-state index contributed by atoms with van der Waals surface area (Å²) in [6.07, 6.45) is 2.26. The Morgan fingerprint density at radius 3 is 2.60 bits per heavy atom. The number of hydrogen-bond donors (Lipinski definition) is 2. The summed E-state index contributed by atoms with van der Waals surface area (Å²) in [4.78, 5) is 38.2. The lowest BCUT2D eigenvalue weighted by Gasteiger charge is -2.14. The van der Waals surface area contributed by atoms with Crippen LogP contribution in [-0.2, 0) is 29.6 Å². The second kappa shape index (κ2) is 9.34. The first-order valence-corrected chi connectivity index (χ1v) is 9.62. The third-order valence-corrected chi connectivity index (χ3v) is 5.09. The highest BCUT2D eigenvalue weighted by molar-refractivity contribution is 6.05. The van der Waals surface area contributed by atoms with Crippen LogP contribution in [-0.4, -0.2) is 54.1 Å². The summed E-state index contributed by atoms with van der Waals surface area (Å²) in [5, 5.41) is 5.37. The van der Waals surface area contributed by atoms with Gasteiger partial charge in [-0.1, -0.05) is 6.07 Å². The van der Waals surface area contributed by atoms with Crippen molar-refractivity contribution in [3.05, 3.63) is 47.8 Å². The van der Waals surface area contributed by atoms with Gasteiger partial charge in [-0.3, -0.25) is 14.5 Å². The van der Waals surface area contributed by atoms with Gasteiger partial charge in [0.15, 0.2) is 11.5 Å². The molecule has 1 aliphatic heterocycles. The maximum atomic E-state index is 12.6. The van der Waals surface area contributed by atoms with Crippen LogP contribution in [0.4, 0.5) is 4.79 Å². The Balaban J connectivity index is 1.53. The molecule has 1 aromatic heterocycles. The number of urea groups is 1. The zero-order valence-corrected chi connectivity index (χ0v) is 17.3. The van der Waals surface area contributed by atoms with Crippen LogP contribution < -0.4 is 20.1 Å². The van der Waals surface area contributed by atoms with Gasteiger partial charge in [-0.15, -0.1) is 0 Å². The molecular formula is C21H26N4O5. The van der Waals surface area contributed by atoms with Crippen molar-refractivity contribution < 1.29 is 23.9 Å². The molecule has 160 valence electrons. The van der Waals surface area contributed by atoms with E-state index in [4.69, 9.17) is 9.47 Å². The number of amides is 4. The number of aryl methyl sites for hydroxylation is 1. The van der Waals surface area contributed by atoms with Crippen molar-refractivity contribution in [2.24, 2.45) is 7.05 Å². The van der Waals surface area contributed by atoms with Gasteiger partial charge in [0.25, 0.3) is 5.91 Å². The average Bonchev–Trinajstić information content (AvgIpc) is 3.26. The van der Waals surface area contributed by atoms with Crippen LogP contribution in [0.2, 0.25) is 0 Å². The largest absolute Gasteiger partial charge is 0.493 e. The summed E-state index contributed by atoms with van der Waals surface area (Å²) in [5.74, 6) is 0.503. The van der Waals surface area contributed by atoms with Gasteiger partial charge in [0.2, 0.25) is 5.91 Å². The zero-order chi connectivity index (χ0) is 21.7. The molecule has 1 aliphatic rings. The number of benzene rings is 1. The van der Waals surface area contributed by atoms with Gasteiger partial charge in [0.1, 0.15) is 6.04 Å². The second-order valence-electron chi connectivity index (χ2n) is 7.02. The molecule has 1 fully saturated rings. The van der Waals surface area contributed by atoms with E-state index in [2.05, 4.69) is 10.6 Å². The minimum Gasteiger partial charge on any atom is -0.493 e. The quantitative estimate of drug-likeness (QED) is 0.601. The molecule has 9 nitrogen and oxygen atoms in total. The molecule has 3 rings (SSSR count). The number of aromatic nitrogens is 1. The van der Waals surface area contributed by atoms with Gasteiger partial charge in [0.05, 0.1) is 27.2 Å². The summed E-state index contributed by atoms with van der Waals surface area (Å²) in [7, 11) is 4.99. The molecular weight excluding hydrogens is 388 g/mol. The Bertz CT molecular complexity index is 939. The first kappa shape index (κ1) is 21.2. The molecule has 30 heavy (non-hydrogen) atoms. The molecule has 2 aromatic rings. The van der Waals surface area contributed by atoms with Gasteiger partial charge in [-0.05, 0) is 36.2 Å². The molecule has 0 saturated carbocycles. The number of imide groups is 1. The van der Waals surface area contributed by atoms with Crippen LogP contribution in [0, 0.1) is 0 Å². The number of carbonyl (C=O) groups is 3. The predicted molar refractivity (Wildman–Crippen MR) is 109 cm³/mol. The molecule has 9 heteroatoms. The SMILES string of the molecule is COc1ccc(CCN2C(=O)NC(CC(=O)NCc3cccn3C)C2=O)cc1OC. The highest BCUT2D eigenvalue weighted by Crippen LogP contribution is 2.27. The second-order valence-corrected chi connectivity index (χ2v) is 7.02. The third-order valence-electron chi connectivity index (χ3n) is 5.09. The molecule has 2 N–H and O–H groups in total. The highest BCUT2D eigenvalue weighted by Gasteiger charge is 2.38. The monoisotopic (exact) mass is 414 g/mol. The van der Waals surface area contributed by atoms with E-state index in [1.807, 2.05) is 42.1 Å². The third kappa shape index (κ3) is 4.73. The number of hydrogen-bond acceptors (Lipinski definition) is 5. The lowest BCUT2D eigenvalue weighted by Crippen LogP contribution is -2.36. The fraction of sp³-hybridized carbons (Fsp3) is 0.381. The van der Waals surface area contributed by atoms with Gasteiger partial charge < -0.3 is 24.7 Å². The van der Waals surface area contributed by atoms with E-state index >= 15 is 0 Å². The van der Waals surface area contributed by atoms with Crippen molar-refractivity contribution in [2.75, 3.05) is 20.8 Å². The Morgan fingerprint density at radius 1 is 1.17 bits per heavy atom. The van der Waals surface area contributed by atoms with Crippen LogP contribution in [0.3, 0.4) is 0 Å². The molecule has 4 amide bonds. The molecule has 1 saturated heterocycles. The first-order valence-electron chi connectivity index (χ1n) is 9.62. The Kier molecular flexibility index (Phi) is 6.61. The fourth-order valence-electron chi connectivity index (χ4n) is 3.33. The lowest BCUT2D eigenvalue weighted by atomic mass is 10.1. The maximum absolute atomic E-state index is 12.6. The molecule has 2 heterocycles. The number of carbonyl (C=O) groups excluding carboxylic acids is 3. The van der Waals surface area contributed by atoms with E-state index < -0.39 is 18.0 Å². The number of nitrogens with one attached hydrogen (secondary N) is 2. The van der Waals surface area contributed by atoms with E-state index in [-0.39, 0.29) is 18.9 Å². The summed E-state index contributed by atoms with van der Waals surface area (Å²) in [5.41, 5.74) is 1.85. The number of ether oxygens (including phenoxy) is 2. The summed E-state index contributed by atoms with van der Waals surface area (Å²) < 4.78 is 12.4. The standard InChI is InChI=1S/C21H26N4O5/c1-24-9-4-5-15(24)13-22-19(26)12-16-20(27)25(21(28)23-16)10-8-14-6-7-17(29-2)18(11-14)30-3/h4-7,9,11,16H,8,10,12-13H2,1-3H3,(H,22,26)(H,23,28). The summed E-state index contributed by atoms with van der Waals surface area (Å²) >= 11 is 0. The molecule has 0 bridgehead atoms. The normalized spacial score (nSPS) is 15.8. The summed E-state index contributed by atoms with van der Waals surface area (Å²) in [6.45, 7) is 0.571. The van der Waals surface area contributed by atoms with Crippen molar-refractivity contribution in [1.29, 1.82) is 0 Å². The summed E-state index contributed by atoms with van der Waals surface area (Å²) in [6, 6.07) is 7.90. The number of nitrogens with zero attached hydrogens (tertiary/aromatic N) is 2. The molecule has 0 radical (unpaired) electrons. The Morgan fingerprint density at radius 2 is 1.93 bits per heavy atom. The van der Waals surface area contributed by atoms with E-state index in [1.165, 1.54) is 0 Å². The van der Waals surface area contributed by atoms with Crippen LogP contribution in [0.5, 0.6) is 11.5 Å². The molecule has 1 unspecified atom stereocenters. The zero-order valence-electron chi connectivity index (χ0n) is 17.3. The molecule has 1 atom stereocenters. The van der Waals surface area contributed by atoms with E-state index in [1.54, 1.807) is 20.3 Å². The Labute approximate surface area is 174 Å². The van der Waals surface area contributed by atoms with Crippen molar-refractivity contribution in [3.8, 4) is 11.5 Å². The van der Waals surface area contributed by atoms with Crippen molar-refractivity contribution in [3.63, 3.8) is 0 Å². The molecule has 1 aromatic carbocycles. The van der Waals surface area contributed by atoms with E-state index in [0.717, 1.165) is 16.2 Å². The van der Waals surface area contributed by atoms with Crippen LogP contribution in [0.25, 0.3) is 0 Å². The first-order chi connectivity index (χ1) is 14.4. The topological polar surface area (TPSA) is 102 Å². The van der Waals surface area contributed by atoms with E-state index in [9.17, 15) is 14.4 Å². The predicted octanol–water partition coefficient (Wildman–Crippen LogP) is 1.21. The fourth-order valence-corrected chi connectivity index (χ4v) is 3.33. The maximum Gasteiger partial charge on any atom is 0.324 e. The lowest BCUT2D eigenvalue weighted by molar-refractivity contribution is -0.130. The minimum atomic E-state index is -0.851. The van der Waals surface area contributed by atoms with Gasteiger partial charge in [0, 0.05) is 25.5 Å². The Hall–Kier alpha value is -3.49. The smallest absolute Gasteiger partial charge is 0.324 e. The average molecular weight is 414 g/mol. The molecule has 0 aliphatic carbocycles. The van der Waals surface area contributed by atoms with Crippen molar-refractivity contribution in [2.45, 2.75) is 25.4 Å². The number of rotatable bonds is 9. The van der Waals surface area contributed by atoms with Crippen molar-refractivity contribution in [1.82, 2.24) is 20.1 Å². The van der Waals surface area contributed by atoms with Gasteiger partial charge in [-0.2, -0.15) is 0 Å². The minimum absolute atomic E-state index is 0.0954.